The van der Waals surface area contributed by atoms with Crippen LogP contribution in [0.1, 0.15) is 31.0 Å². The minimum atomic E-state index is -3.96. The molecule has 0 saturated carbocycles. The molecule has 0 aliphatic carbocycles. The van der Waals surface area contributed by atoms with Gasteiger partial charge in [0.05, 0.1) is 11.5 Å². The Hall–Kier alpha value is -2.41. The average Bonchev–Trinajstić information content (AvgIpc) is 2.74. The molecule has 0 spiro atoms. The molecule has 0 radical (unpaired) electrons. The molecule has 3 rings (SSSR count). The standard InChI is InChI=1S/C23H23ClFNO3S/c1-3-29-19-12-14-20(15-13-19)30(27,28)26(17(2)18-8-5-4-6-9-18)16-21-22(24)10-7-11-23(21)25/h4-15,17H,3,16H2,1-2H3/t17-/m0/s1. The van der Waals surface area contributed by atoms with Crippen molar-refractivity contribution in [1.29, 1.82) is 0 Å². The third-order valence-electron chi connectivity index (χ3n) is 4.83. The van der Waals surface area contributed by atoms with Crippen LogP contribution in [0, 0.1) is 5.82 Å². The van der Waals surface area contributed by atoms with Crippen LogP contribution < -0.4 is 4.74 Å². The lowest BCUT2D eigenvalue weighted by atomic mass is 10.1. The lowest BCUT2D eigenvalue weighted by Gasteiger charge is -2.29. The van der Waals surface area contributed by atoms with Gasteiger partial charge in [0.2, 0.25) is 10.0 Å². The van der Waals surface area contributed by atoms with Crippen LogP contribution in [-0.4, -0.2) is 19.3 Å². The summed E-state index contributed by atoms with van der Waals surface area (Å²) in [6, 6.07) is 19.2. The molecule has 7 heteroatoms. The van der Waals surface area contributed by atoms with Gasteiger partial charge in [-0.25, -0.2) is 12.8 Å². The number of hydrogen-bond donors (Lipinski definition) is 0. The first-order valence-corrected chi connectivity index (χ1v) is 11.4. The van der Waals surface area contributed by atoms with E-state index in [4.69, 9.17) is 16.3 Å². The summed E-state index contributed by atoms with van der Waals surface area (Å²) in [7, 11) is -3.96. The van der Waals surface area contributed by atoms with Crippen molar-refractivity contribution in [2.24, 2.45) is 0 Å². The third-order valence-corrected chi connectivity index (χ3v) is 7.12. The van der Waals surface area contributed by atoms with E-state index in [0.717, 1.165) is 5.56 Å². The highest BCUT2D eigenvalue weighted by Gasteiger charge is 2.31. The van der Waals surface area contributed by atoms with Crippen molar-refractivity contribution in [3.8, 4) is 5.75 Å². The van der Waals surface area contributed by atoms with Crippen LogP contribution in [0.4, 0.5) is 4.39 Å². The summed E-state index contributed by atoms with van der Waals surface area (Å²) in [5.41, 5.74) is 0.927. The fraction of sp³-hybridized carbons (Fsp3) is 0.217. The zero-order chi connectivity index (χ0) is 21.7. The molecule has 0 aliphatic heterocycles. The Morgan fingerprint density at radius 2 is 1.67 bits per heavy atom. The van der Waals surface area contributed by atoms with E-state index in [0.29, 0.717) is 12.4 Å². The van der Waals surface area contributed by atoms with E-state index in [1.807, 2.05) is 37.3 Å². The summed E-state index contributed by atoms with van der Waals surface area (Å²) >= 11 is 6.20. The molecule has 0 bridgehead atoms. The van der Waals surface area contributed by atoms with Crippen molar-refractivity contribution in [2.75, 3.05) is 6.61 Å². The van der Waals surface area contributed by atoms with E-state index in [-0.39, 0.29) is 22.0 Å². The summed E-state index contributed by atoms with van der Waals surface area (Å²) in [6.45, 7) is 3.91. The Morgan fingerprint density at radius 1 is 1.00 bits per heavy atom. The van der Waals surface area contributed by atoms with Gasteiger partial charge >= 0.3 is 0 Å². The molecule has 3 aromatic rings. The van der Waals surface area contributed by atoms with E-state index in [2.05, 4.69) is 0 Å². The van der Waals surface area contributed by atoms with Crippen molar-refractivity contribution >= 4 is 21.6 Å². The summed E-state index contributed by atoms with van der Waals surface area (Å²) in [4.78, 5) is 0.0983. The maximum Gasteiger partial charge on any atom is 0.243 e. The Balaban J connectivity index is 2.05. The van der Waals surface area contributed by atoms with Crippen LogP contribution in [0.3, 0.4) is 0 Å². The van der Waals surface area contributed by atoms with Gasteiger partial charge in [0, 0.05) is 23.2 Å². The molecule has 30 heavy (non-hydrogen) atoms. The first-order chi connectivity index (χ1) is 14.3. The van der Waals surface area contributed by atoms with Gasteiger partial charge in [-0.05, 0) is 55.8 Å². The van der Waals surface area contributed by atoms with Gasteiger partial charge in [0.25, 0.3) is 0 Å². The smallest absolute Gasteiger partial charge is 0.243 e. The van der Waals surface area contributed by atoms with Crippen LogP contribution >= 0.6 is 11.6 Å². The second-order valence-electron chi connectivity index (χ2n) is 6.74. The zero-order valence-corrected chi connectivity index (χ0v) is 18.3. The van der Waals surface area contributed by atoms with E-state index in [1.54, 1.807) is 25.1 Å². The van der Waals surface area contributed by atoms with Gasteiger partial charge in [-0.2, -0.15) is 4.31 Å². The summed E-state index contributed by atoms with van der Waals surface area (Å²) < 4.78 is 48.3. The quantitative estimate of drug-likeness (QED) is 0.436. The molecule has 0 amide bonds. The number of hydrogen-bond acceptors (Lipinski definition) is 3. The predicted molar refractivity (Wildman–Crippen MR) is 117 cm³/mol. The van der Waals surface area contributed by atoms with Gasteiger partial charge in [0.15, 0.2) is 0 Å². The highest BCUT2D eigenvalue weighted by Crippen LogP contribution is 2.32. The SMILES string of the molecule is CCOc1ccc(S(=O)(=O)N(Cc2c(F)cccc2Cl)[C@@H](C)c2ccccc2)cc1. The molecular formula is C23H23ClFNO3S. The molecule has 0 saturated heterocycles. The van der Waals surface area contributed by atoms with E-state index >= 15 is 0 Å². The second kappa shape index (κ2) is 9.60. The minimum Gasteiger partial charge on any atom is -0.494 e. The first-order valence-electron chi connectivity index (χ1n) is 9.57. The van der Waals surface area contributed by atoms with Crippen molar-refractivity contribution in [3.05, 3.63) is 94.8 Å². The Kier molecular flexibility index (Phi) is 7.13. The highest BCUT2D eigenvalue weighted by molar-refractivity contribution is 7.89. The van der Waals surface area contributed by atoms with Gasteiger partial charge < -0.3 is 4.74 Å². The van der Waals surface area contributed by atoms with E-state index in [1.165, 1.54) is 28.6 Å². The lowest BCUT2D eigenvalue weighted by Crippen LogP contribution is -2.33. The topological polar surface area (TPSA) is 46.6 Å². The number of benzene rings is 3. The van der Waals surface area contributed by atoms with E-state index < -0.39 is 21.9 Å². The van der Waals surface area contributed by atoms with Crippen LogP contribution in [0.2, 0.25) is 5.02 Å². The molecule has 1 atom stereocenters. The number of rotatable bonds is 8. The van der Waals surface area contributed by atoms with Gasteiger partial charge in [-0.15, -0.1) is 0 Å². The number of nitrogens with zero attached hydrogens (tertiary/aromatic N) is 1. The minimum absolute atomic E-state index is 0.0983. The van der Waals surface area contributed by atoms with Gasteiger partial charge in [-0.3, -0.25) is 0 Å². The molecular weight excluding hydrogens is 425 g/mol. The maximum atomic E-state index is 14.5. The number of sulfonamides is 1. The van der Waals surface area contributed by atoms with Crippen LogP contribution in [0.5, 0.6) is 5.75 Å². The van der Waals surface area contributed by atoms with Crippen molar-refractivity contribution < 1.29 is 17.5 Å². The van der Waals surface area contributed by atoms with Crippen LogP contribution in [0.25, 0.3) is 0 Å². The average molecular weight is 448 g/mol. The molecule has 3 aromatic carbocycles. The zero-order valence-electron chi connectivity index (χ0n) is 16.8. The van der Waals surface area contributed by atoms with Gasteiger partial charge in [0.1, 0.15) is 11.6 Å². The first kappa shape index (κ1) is 22.3. The van der Waals surface area contributed by atoms with Crippen molar-refractivity contribution in [3.63, 3.8) is 0 Å². The van der Waals surface area contributed by atoms with Crippen LogP contribution in [-0.2, 0) is 16.6 Å². The monoisotopic (exact) mass is 447 g/mol. The highest BCUT2D eigenvalue weighted by atomic mass is 35.5. The molecule has 4 nitrogen and oxygen atoms in total. The summed E-state index contributed by atoms with van der Waals surface area (Å²) in [6.07, 6.45) is 0. The fourth-order valence-corrected chi connectivity index (χ4v) is 4.99. The van der Waals surface area contributed by atoms with Gasteiger partial charge in [-0.1, -0.05) is 48.0 Å². The normalized spacial score (nSPS) is 12.7. The molecule has 0 unspecified atom stereocenters. The lowest BCUT2D eigenvalue weighted by molar-refractivity contribution is 0.331. The molecule has 0 N–H and O–H groups in total. The van der Waals surface area contributed by atoms with Crippen molar-refractivity contribution in [1.82, 2.24) is 4.31 Å². The largest absolute Gasteiger partial charge is 0.494 e. The summed E-state index contributed by atoms with van der Waals surface area (Å²) in [5, 5.41) is 0.183. The summed E-state index contributed by atoms with van der Waals surface area (Å²) in [5.74, 6) is 0.0333. The molecule has 0 heterocycles. The van der Waals surface area contributed by atoms with Crippen molar-refractivity contribution in [2.45, 2.75) is 31.3 Å². The Bertz CT molecular complexity index is 1070. The van der Waals surface area contributed by atoms with Crippen LogP contribution in [0.15, 0.2) is 77.7 Å². The van der Waals surface area contributed by atoms with E-state index in [9.17, 15) is 12.8 Å². The Labute approximate surface area is 181 Å². The number of ether oxygens (including phenoxy) is 1. The molecule has 0 aromatic heterocycles. The second-order valence-corrected chi connectivity index (χ2v) is 9.04. The fourth-order valence-electron chi connectivity index (χ4n) is 3.18. The predicted octanol–water partition coefficient (Wildman–Crippen LogP) is 5.83. The third kappa shape index (κ3) is 4.83. The maximum absolute atomic E-state index is 14.5. The molecule has 0 fully saturated rings. The molecule has 0 aliphatic rings. The molecule has 158 valence electrons. The number of halogens is 2. The Morgan fingerprint density at radius 3 is 2.27 bits per heavy atom.